The number of benzene rings is 2. The van der Waals surface area contributed by atoms with Crippen molar-refractivity contribution in [1.82, 2.24) is 15.0 Å². The van der Waals surface area contributed by atoms with Crippen molar-refractivity contribution in [2.75, 3.05) is 0 Å². The van der Waals surface area contributed by atoms with Gasteiger partial charge in [0.2, 0.25) is 15.9 Å². The molecule has 1 aromatic heterocycles. The van der Waals surface area contributed by atoms with E-state index in [0.29, 0.717) is 31.6 Å². The van der Waals surface area contributed by atoms with Crippen molar-refractivity contribution in [2.24, 2.45) is 5.92 Å². The summed E-state index contributed by atoms with van der Waals surface area (Å²) in [4.78, 5) is 16.3. The van der Waals surface area contributed by atoms with Gasteiger partial charge in [-0.3, -0.25) is 4.79 Å². The van der Waals surface area contributed by atoms with E-state index in [4.69, 9.17) is 0 Å². The minimum absolute atomic E-state index is 0.0400. The molecule has 3 N–H and O–H groups in total. The molecule has 8 heteroatoms. The van der Waals surface area contributed by atoms with Gasteiger partial charge < -0.3 is 10.3 Å². The highest BCUT2D eigenvalue weighted by molar-refractivity contribution is 7.89. The number of fused-ring (bicyclic) bond motifs is 1. The summed E-state index contributed by atoms with van der Waals surface area (Å²) in [6.45, 7) is 1.87. The SMILES string of the molecule is C[C@@H](NC(=O)[C@H]1CC[C@H](NS(=O)(=O)c2ccc3cc(C4CC4)[nH]c3c2)CC1)c1ccc(F)cc1. The molecule has 180 valence electrons. The summed E-state index contributed by atoms with van der Waals surface area (Å²) >= 11 is 0. The number of hydrogen-bond acceptors (Lipinski definition) is 3. The fraction of sp³-hybridized carbons (Fsp3) is 0.423. The second-order valence-electron chi connectivity index (χ2n) is 9.70. The Morgan fingerprint density at radius 3 is 2.38 bits per heavy atom. The zero-order chi connectivity index (χ0) is 23.9. The number of sulfonamides is 1. The number of carbonyl (C=O) groups excluding carboxylic acids is 1. The molecular weight excluding hydrogens is 453 g/mol. The van der Waals surface area contributed by atoms with Crippen molar-refractivity contribution in [2.45, 2.75) is 68.3 Å². The Labute approximate surface area is 199 Å². The highest BCUT2D eigenvalue weighted by atomic mass is 32.2. The van der Waals surface area contributed by atoms with E-state index in [2.05, 4.69) is 21.1 Å². The second-order valence-corrected chi connectivity index (χ2v) is 11.4. The van der Waals surface area contributed by atoms with Crippen LogP contribution in [0.25, 0.3) is 10.9 Å². The van der Waals surface area contributed by atoms with Gasteiger partial charge in [0.25, 0.3) is 0 Å². The first-order chi connectivity index (χ1) is 16.3. The Bertz CT molecular complexity index is 1290. The van der Waals surface area contributed by atoms with E-state index >= 15 is 0 Å². The number of hydrogen-bond donors (Lipinski definition) is 3. The highest BCUT2D eigenvalue weighted by Gasteiger charge is 2.30. The molecule has 1 atom stereocenters. The first-order valence-electron chi connectivity index (χ1n) is 12.0. The van der Waals surface area contributed by atoms with Gasteiger partial charge in [0.15, 0.2) is 0 Å². The van der Waals surface area contributed by atoms with Crippen LogP contribution in [0.2, 0.25) is 0 Å². The lowest BCUT2D eigenvalue weighted by molar-refractivity contribution is -0.126. The average Bonchev–Trinajstić information content (AvgIpc) is 3.58. The number of nitrogens with one attached hydrogen (secondary N) is 3. The number of amides is 1. The summed E-state index contributed by atoms with van der Waals surface area (Å²) in [7, 11) is -3.64. The summed E-state index contributed by atoms with van der Waals surface area (Å²) in [5.74, 6) is 0.0806. The third kappa shape index (κ3) is 5.03. The zero-order valence-corrected chi connectivity index (χ0v) is 20.0. The Balaban J connectivity index is 1.16. The monoisotopic (exact) mass is 483 g/mol. The normalized spacial score (nSPS) is 21.9. The molecule has 0 bridgehead atoms. The highest BCUT2D eigenvalue weighted by Crippen LogP contribution is 2.40. The zero-order valence-electron chi connectivity index (χ0n) is 19.2. The van der Waals surface area contributed by atoms with Crippen LogP contribution in [0, 0.1) is 11.7 Å². The van der Waals surface area contributed by atoms with E-state index in [0.717, 1.165) is 16.5 Å². The summed E-state index contributed by atoms with van der Waals surface area (Å²) in [5.41, 5.74) is 2.88. The van der Waals surface area contributed by atoms with Gasteiger partial charge in [0.1, 0.15) is 5.82 Å². The maximum Gasteiger partial charge on any atom is 0.240 e. The van der Waals surface area contributed by atoms with Crippen molar-refractivity contribution in [3.05, 3.63) is 65.6 Å². The summed E-state index contributed by atoms with van der Waals surface area (Å²) in [6, 6.07) is 13.0. The average molecular weight is 484 g/mol. The summed E-state index contributed by atoms with van der Waals surface area (Å²) in [5, 5.41) is 4.03. The molecule has 0 aliphatic heterocycles. The maximum absolute atomic E-state index is 13.1. The van der Waals surface area contributed by atoms with Crippen molar-refractivity contribution >= 4 is 26.8 Å². The predicted octanol–water partition coefficient (Wildman–Crippen LogP) is 4.90. The number of H-pyrrole nitrogens is 1. The molecule has 2 aliphatic rings. The topological polar surface area (TPSA) is 91.1 Å². The number of rotatable bonds is 7. The first-order valence-corrected chi connectivity index (χ1v) is 13.5. The number of carbonyl (C=O) groups is 1. The van der Waals surface area contributed by atoms with Gasteiger partial charge in [-0.2, -0.15) is 0 Å². The van der Waals surface area contributed by atoms with Crippen molar-refractivity contribution in [1.29, 1.82) is 0 Å². The molecule has 34 heavy (non-hydrogen) atoms. The van der Waals surface area contributed by atoms with Crippen molar-refractivity contribution in [3.8, 4) is 0 Å². The third-order valence-corrected chi connectivity index (χ3v) is 8.61. The minimum atomic E-state index is -3.64. The molecule has 3 aromatic rings. The minimum Gasteiger partial charge on any atom is -0.358 e. The molecule has 2 saturated carbocycles. The summed E-state index contributed by atoms with van der Waals surface area (Å²) in [6.07, 6.45) is 4.83. The third-order valence-electron chi connectivity index (χ3n) is 7.09. The molecule has 6 nitrogen and oxygen atoms in total. The van der Waals surface area contributed by atoms with E-state index in [-0.39, 0.29) is 34.6 Å². The fourth-order valence-electron chi connectivity index (χ4n) is 4.84. The molecule has 2 aliphatic carbocycles. The molecular formula is C26H30FN3O3S. The Kier molecular flexibility index (Phi) is 6.20. The maximum atomic E-state index is 13.1. The van der Waals surface area contributed by atoms with Crippen LogP contribution in [0.1, 0.15) is 68.7 Å². The van der Waals surface area contributed by atoms with Gasteiger partial charge >= 0.3 is 0 Å². The van der Waals surface area contributed by atoms with Gasteiger partial charge in [0.05, 0.1) is 10.9 Å². The van der Waals surface area contributed by atoms with Crippen LogP contribution in [-0.2, 0) is 14.8 Å². The quantitative estimate of drug-likeness (QED) is 0.446. The molecule has 0 spiro atoms. The van der Waals surface area contributed by atoms with Crippen molar-refractivity contribution < 1.29 is 17.6 Å². The number of aromatic nitrogens is 1. The van der Waals surface area contributed by atoms with E-state index in [9.17, 15) is 17.6 Å². The number of aromatic amines is 1. The molecule has 2 aromatic carbocycles. The van der Waals surface area contributed by atoms with Crippen LogP contribution in [0.15, 0.2) is 53.4 Å². The van der Waals surface area contributed by atoms with Crippen molar-refractivity contribution in [3.63, 3.8) is 0 Å². The van der Waals surface area contributed by atoms with Gasteiger partial charge in [-0.15, -0.1) is 0 Å². The lowest BCUT2D eigenvalue weighted by Gasteiger charge is -2.29. The van der Waals surface area contributed by atoms with Gasteiger partial charge in [-0.1, -0.05) is 18.2 Å². The first kappa shape index (κ1) is 23.1. The van der Waals surface area contributed by atoms with Crippen LogP contribution < -0.4 is 10.0 Å². The molecule has 1 amide bonds. The van der Waals surface area contributed by atoms with Gasteiger partial charge in [0, 0.05) is 23.2 Å². The van der Waals surface area contributed by atoms with Crippen LogP contribution in [0.5, 0.6) is 0 Å². The van der Waals surface area contributed by atoms with E-state index in [1.165, 1.54) is 30.7 Å². The molecule has 0 radical (unpaired) electrons. The Morgan fingerprint density at radius 1 is 1.00 bits per heavy atom. The molecule has 0 saturated heterocycles. The number of halogens is 1. The molecule has 5 rings (SSSR count). The molecule has 1 heterocycles. The standard InChI is InChI=1S/C26H30FN3O3S/c1-16(17-4-9-21(27)10-5-17)28-26(31)19-6-11-22(12-7-19)30-34(32,33)23-13-8-20-14-24(18-2-3-18)29-25(20)15-23/h4-5,8-10,13-16,18-19,22,29-30H,2-3,6-7,11-12H2,1H3,(H,28,31)/t16-,19-,22-/m1/s1. The predicted molar refractivity (Wildman–Crippen MR) is 129 cm³/mol. The Morgan fingerprint density at radius 2 is 1.71 bits per heavy atom. The molecule has 2 fully saturated rings. The fourth-order valence-corrected chi connectivity index (χ4v) is 6.17. The Hall–Kier alpha value is -2.71. The van der Waals surface area contributed by atoms with E-state index in [1.54, 1.807) is 24.3 Å². The smallest absolute Gasteiger partial charge is 0.240 e. The molecule has 0 unspecified atom stereocenters. The lowest BCUT2D eigenvalue weighted by atomic mass is 9.85. The van der Waals surface area contributed by atoms with Crippen LogP contribution in [0.4, 0.5) is 4.39 Å². The van der Waals surface area contributed by atoms with Gasteiger partial charge in [-0.25, -0.2) is 17.5 Å². The van der Waals surface area contributed by atoms with Gasteiger partial charge in [-0.05, 0) is 92.6 Å². The lowest BCUT2D eigenvalue weighted by Crippen LogP contribution is -2.41. The van der Waals surface area contributed by atoms with Crippen LogP contribution in [0.3, 0.4) is 0 Å². The second kappa shape index (κ2) is 9.15. The van der Waals surface area contributed by atoms with Crippen LogP contribution in [-0.4, -0.2) is 25.4 Å². The van der Waals surface area contributed by atoms with E-state index in [1.807, 2.05) is 13.0 Å². The summed E-state index contributed by atoms with van der Waals surface area (Å²) < 4.78 is 42.0. The van der Waals surface area contributed by atoms with Crippen LogP contribution >= 0.6 is 0 Å². The van der Waals surface area contributed by atoms with E-state index < -0.39 is 10.0 Å². The largest absolute Gasteiger partial charge is 0.358 e.